The molecule has 0 aromatic heterocycles. The summed E-state index contributed by atoms with van der Waals surface area (Å²) in [5, 5.41) is 0. The summed E-state index contributed by atoms with van der Waals surface area (Å²) in [5.41, 5.74) is 21.7. The Hall–Kier alpha value is -1.16. The zero-order valence-corrected chi connectivity index (χ0v) is 11.8. The maximum absolute atomic E-state index is 12.1. The fourth-order valence-electron chi connectivity index (χ4n) is 1.43. The molecule has 9 heteroatoms. The minimum absolute atomic E-state index is 0.0964. The van der Waals surface area contributed by atoms with Gasteiger partial charge in [0.25, 0.3) is 0 Å². The highest BCUT2D eigenvalue weighted by molar-refractivity contribution is 5.90. The van der Waals surface area contributed by atoms with Gasteiger partial charge in [0.1, 0.15) is 25.4 Å². The lowest BCUT2D eigenvalue weighted by atomic mass is 10.1. The van der Waals surface area contributed by atoms with Crippen molar-refractivity contribution < 1.29 is 23.1 Å². The topological polar surface area (TPSA) is 147 Å². The molecule has 0 bridgehead atoms. The van der Waals surface area contributed by atoms with Crippen LogP contribution in [0.1, 0.15) is 25.7 Å². The van der Waals surface area contributed by atoms with Gasteiger partial charge in [0.2, 0.25) is 0 Å². The SMILES string of the molecule is NC(CF)CCC(N)C(=O)OC(=O)[C@H](N)CCC(N)CF. The lowest BCUT2D eigenvalue weighted by Gasteiger charge is -2.15. The number of alkyl halides is 2. The van der Waals surface area contributed by atoms with Crippen LogP contribution < -0.4 is 22.9 Å². The Morgan fingerprint density at radius 2 is 1.10 bits per heavy atom. The quantitative estimate of drug-likeness (QED) is 0.294. The van der Waals surface area contributed by atoms with E-state index in [9.17, 15) is 18.4 Å². The number of halogens is 2. The molecule has 0 amide bonds. The second kappa shape index (κ2) is 10.6. The van der Waals surface area contributed by atoms with Crippen LogP contribution in [-0.4, -0.2) is 49.5 Å². The molecule has 0 aliphatic rings. The summed E-state index contributed by atoms with van der Waals surface area (Å²) in [5.74, 6) is -1.90. The van der Waals surface area contributed by atoms with E-state index in [0.29, 0.717) is 0 Å². The molecule has 0 spiro atoms. The molecule has 0 heterocycles. The van der Waals surface area contributed by atoms with E-state index in [0.717, 1.165) is 0 Å². The Bertz CT molecular complexity index is 304. The average Bonchev–Trinajstić information content (AvgIpc) is 2.48. The summed E-state index contributed by atoms with van der Waals surface area (Å²) in [7, 11) is 0. The number of nitrogens with two attached hydrogens (primary N) is 4. The third-order valence-corrected chi connectivity index (χ3v) is 2.90. The van der Waals surface area contributed by atoms with Crippen molar-refractivity contribution in [2.24, 2.45) is 22.9 Å². The van der Waals surface area contributed by atoms with E-state index in [1.54, 1.807) is 0 Å². The Morgan fingerprint density at radius 1 is 0.762 bits per heavy atom. The van der Waals surface area contributed by atoms with Gasteiger partial charge in [0.15, 0.2) is 0 Å². The normalized spacial score (nSPS) is 16.9. The molecule has 21 heavy (non-hydrogen) atoms. The number of carbonyl (C=O) groups excluding carboxylic acids is 2. The first-order chi connectivity index (χ1) is 9.81. The van der Waals surface area contributed by atoms with Gasteiger partial charge in [-0.2, -0.15) is 0 Å². The standard InChI is InChI=1S/C12H24F2N4O3/c13-5-7(15)1-3-9(17)11(19)21-12(20)10(18)4-2-8(16)6-14/h7-10H,1-6,15-18H2/t7?,8?,9-,10?/m1/s1. The van der Waals surface area contributed by atoms with Crippen molar-refractivity contribution in [2.75, 3.05) is 13.3 Å². The van der Waals surface area contributed by atoms with Crippen LogP contribution in [0.25, 0.3) is 0 Å². The summed E-state index contributed by atoms with van der Waals surface area (Å²) < 4.78 is 28.8. The molecule has 0 fully saturated rings. The molecular weight excluding hydrogens is 286 g/mol. The average molecular weight is 310 g/mol. The minimum atomic E-state index is -1.08. The van der Waals surface area contributed by atoms with Crippen molar-refractivity contribution in [3.63, 3.8) is 0 Å². The highest BCUT2D eigenvalue weighted by Crippen LogP contribution is 2.04. The number of rotatable bonds is 10. The van der Waals surface area contributed by atoms with Crippen LogP contribution >= 0.6 is 0 Å². The number of ether oxygens (including phenoxy) is 1. The first-order valence-corrected chi connectivity index (χ1v) is 6.71. The highest BCUT2D eigenvalue weighted by atomic mass is 19.1. The molecule has 0 rings (SSSR count). The van der Waals surface area contributed by atoms with Gasteiger partial charge in [-0.05, 0) is 25.7 Å². The van der Waals surface area contributed by atoms with E-state index >= 15 is 0 Å². The van der Waals surface area contributed by atoms with E-state index in [1.165, 1.54) is 0 Å². The smallest absolute Gasteiger partial charge is 0.330 e. The van der Waals surface area contributed by atoms with Gasteiger partial charge >= 0.3 is 11.9 Å². The molecule has 0 radical (unpaired) electrons. The lowest BCUT2D eigenvalue weighted by molar-refractivity contribution is -0.161. The first kappa shape index (κ1) is 19.8. The summed E-state index contributed by atoms with van der Waals surface area (Å²) >= 11 is 0. The van der Waals surface area contributed by atoms with Gasteiger partial charge in [-0.1, -0.05) is 0 Å². The second-order valence-electron chi connectivity index (χ2n) is 4.94. The number of carbonyl (C=O) groups is 2. The molecule has 0 saturated carbocycles. The van der Waals surface area contributed by atoms with Gasteiger partial charge in [-0.15, -0.1) is 0 Å². The maximum atomic E-state index is 12.1. The molecule has 0 aliphatic heterocycles. The monoisotopic (exact) mass is 310 g/mol. The molecule has 4 atom stereocenters. The van der Waals surface area contributed by atoms with Crippen molar-refractivity contribution in [1.29, 1.82) is 0 Å². The summed E-state index contributed by atoms with van der Waals surface area (Å²) in [6, 6.07) is -3.56. The second-order valence-corrected chi connectivity index (χ2v) is 4.94. The van der Waals surface area contributed by atoms with Crippen molar-refractivity contribution in [2.45, 2.75) is 49.9 Å². The van der Waals surface area contributed by atoms with Crippen LogP contribution in [0.2, 0.25) is 0 Å². The predicted octanol–water partition coefficient (Wildman–Crippen LogP) is -1.14. The minimum Gasteiger partial charge on any atom is -0.391 e. The number of esters is 2. The molecule has 3 unspecified atom stereocenters. The van der Waals surface area contributed by atoms with E-state index < -0.39 is 49.5 Å². The van der Waals surface area contributed by atoms with Crippen LogP contribution in [0.5, 0.6) is 0 Å². The lowest BCUT2D eigenvalue weighted by Crippen LogP contribution is -2.41. The van der Waals surface area contributed by atoms with Crippen molar-refractivity contribution >= 4 is 11.9 Å². The zero-order chi connectivity index (χ0) is 16.4. The Balaban J connectivity index is 4.09. The van der Waals surface area contributed by atoms with Crippen LogP contribution in [0.3, 0.4) is 0 Å². The number of hydrogen-bond donors (Lipinski definition) is 4. The van der Waals surface area contributed by atoms with Gasteiger partial charge in [-0.25, -0.2) is 18.4 Å². The van der Waals surface area contributed by atoms with E-state index in [2.05, 4.69) is 4.74 Å². The molecule has 7 nitrogen and oxygen atoms in total. The predicted molar refractivity (Wildman–Crippen MR) is 73.4 cm³/mol. The molecule has 8 N–H and O–H groups in total. The molecule has 124 valence electrons. The van der Waals surface area contributed by atoms with E-state index in [4.69, 9.17) is 22.9 Å². The highest BCUT2D eigenvalue weighted by Gasteiger charge is 2.23. The van der Waals surface area contributed by atoms with Crippen molar-refractivity contribution in [1.82, 2.24) is 0 Å². The fourth-order valence-corrected chi connectivity index (χ4v) is 1.43. The van der Waals surface area contributed by atoms with E-state index in [-0.39, 0.29) is 25.7 Å². The molecular formula is C12H24F2N4O3. The Labute approximate surface area is 122 Å². The molecule has 0 aromatic rings. The molecule has 0 aromatic carbocycles. The van der Waals surface area contributed by atoms with Crippen LogP contribution in [-0.2, 0) is 14.3 Å². The number of hydrogen-bond acceptors (Lipinski definition) is 7. The first-order valence-electron chi connectivity index (χ1n) is 6.71. The van der Waals surface area contributed by atoms with Crippen LogP contribution in [0.15, 0.2) is 0 Å². The third kappa shape index (κ3) is 8.66. The fraction of sp³-hybridized carbons (Fsp3) is 0.833. The van der Waals surface area contributed by atoms with Gasteiger partial charge in [0, 0.05) is 12.1 Å². The summed E-state index contributed by atoms with van der Waals surface area (Å²) in [4.78, 5) is 23.0. The molecule has 0 aliphatic carbocycles. The maximum Gasteiger partial charge on any atom is 0.330 e. The summed E-state index contributed by atoms with van der Waals surface area (Å²) in [6.07, 6.45) is 0.578. The molecule has 0 saturated heterocycles. The van der Waals surface area contributed by atoms with Gasteiger partial charge < -0.3 is 27.7 Å². The third-order valence-electron chi connectivity index (χ3n) is 2.90. The van der Waals surface area contributed by atoms with Crippen molar-refractivity contribution in [3.8, 4) is 0 Å². The largest absolute Gasteiger partial charge is 0.391 e. The zero-order valence-electron chi connectivity index (χ0n) is 11.8. The van der Waals surface area contributed by atoms with Crippen LogP contribution in [0, 0.1) is 0 Å². The Morgan fingerprint density at radius 3 is 1.38 bits per heavy atom. The van der Waals surface area contributed by atoms with Crippen LogP contribution in [0.4, 0.5) is 8.78 Å². The van der Waals surface area contributed by atoms with Gasteiger partial charge in [0.05, 0.1) is 0 Å². The van der Waals surface area contributed by atoms with Gasteiger partial charge in [-0.3, -0.25) is 0 Å². The van der Waals surface area contributed by atoms with E-state index in [1.807, 2.05) is 0 Å². The Kier molecular flexibility index (Phi) is 9.97. The van der Waals surface area contributed by atoms with Crippen molar-refractivity contribution in [3.05, 3.63) is 0 Å². The summed E-state index contributed by atoms with van der Waals surface area (Å²) in [6.45, 7) is -1.44.